The van der Waals surface area contributed by atoms with Crippen LogP contribution in [0.2, 0.25) is 0 Å². The molecule has 0 radical (unpaired) electrons. The molecular weight excluding hydrogens is 281 g/mol. The number of alkyl halides is 3. The zero-order chi connectivity index (χ0) is 15.5. The Morgan fingerprint density at radius 2 is 1.19 bits per heavy atom. The van der Waals surface area contributed by atoms with Crippen LogP contribution in [0.5, 0.6) is 17.2 Å². The highest BCUT2D eigenvalue weighted by Gasteiger charge is 2.30. The minimum absolute atomic E-state index is 0.273. The molecule has 0 unspecified atom stereocenters. The van der Waals surface area contributed by atoms with Crippen molar-refractivity contribution in [3.05, 3.63) is 54.1 Å². The van der Waals surface area contributed by atoms with E-state index in [-0.39, 0.29) is 5.75 Å². The van der Waals surface area contributed by atoms with Crippen molar-refractivity contribution in [2.24, 2.45) is 0 Å². The quantitative estimate of drug-likeness (QED) is 0.741. The second kappa shape index (κ2) is 6.08. The van der Waals surface area contributed by atoms with Crippen LogP contribution in [0.15, 0.2) is 48.5 Å². The maximum absolute atomic E-state index is 12.0. The minimum atomic E-state index is -4.69. The van der Waals surface area contributed by atoms with E-state index >= 15 is 0 Å². The van der Waals surface area contributed by atoms with E-state index < -0.39 is 6.36 Å². The van der Waals surface area contributed by atoms with Gasteiger partial charge in [0.2, 0.25) is 0 Å². The molecule has 2 rings (SSSR count). The molecule has 0 amide bonds. The largest absolute Gasteiger partial charge is 0.573 e. The van der Waals surface area contributed by atoms with E-state index in [2.05, 4.69) is 18.6 Å². The van der Waals surface area contributed by atoms with Crippen molar-refractivity contribution in [2.45, 2.75) is 26.1 Å². The van der Waals surface area contributed by atoms with Crippen molar-refractivity contribution in [2.75, 3.05) is 0 Å². The van der Waals surface area contributed by atoms with Crippen LogP contribution in [0.1, 0.15) is 25.3 Å². The van der Waals surface area contributed by atoms with Gasteiger partial charge in [0, 0.05) is 0 Å². The molecule has 2 aromatic rings. The normalized spacial score (nSPS) is 11.5. The topological polar surface area (TPSA) is 18.5 Å². The van der Waals surface area contributed by atoms with E-state index in [9.17, 15) is 13.2 Å². The highest BCUT2D eigenvalue weighted by molar-refractivity contribution is 5.36. The Morgan fingerprint density at radius 1 is 0.762 bits per heavy atom. The van der Waals surface area contributed by atoms with Gasteiger partial charge in [-0.25, -0.2) is 0 Å². The first-order valence-corrected chi connectivity index (χ1v) is 6.47. The van der Waals surface area contributed by atoms with Gasteiger partial charge in [-0.05, 0) is 47.9 Å². The summed E-state index contributed by atoms with van der Waals surface area (Å²) in [6.07, 6.45) is -4.69. The van der Waals surface area contributed by atoms with Gasteiger partial charge < -0.3 is 9.47 Å². The average Bonchev–Trinajstić information content (AvgIpc) is 2.40. The summed E-state index contributed by atoms with van der Waals surface area (Å²) in [4.78, 5) is 0. The van der Waals surface area contributed by atoms with Gasteiger partial charge >= 0.3 is 6.36 Å². The molecule has 0 bridgehead atoms. The second-order valence-electron chi connectivity index (χ2n) is 4.85. The van der Waals surface area contributed by atoms with E-state index in [1.165, 1.54) is 29.8 Å². The molecule has 2 aromatic carbocycles. The highest BCUT2D eigenvalue weighted by Crippen LogP contribution is 2.28. The third-order valence-corrected chi connectivity index (χ3v) is 2.84. The molecule has 112 valence electrons. The Balaban J connectivity index is 2.03. The van der Waals surface area contributed by atoms with Gasteiger partial charge in [-0.15, -0.1) is 13.2 Å². The van der Waals surface area contributed by atoms with Crippen molar-refractivity contribution < 1.29 is 22.6 Å². The van der Waals surface area contributed by atoms with Crippen molar-refractivity contribution in [1.29, 1.82) is 0 Å². The molecule has 0 aliphatic rings. The van der Waals surface area contributed by atoms with Gasteiger partial charge in [0.15, 0.2) is 0 Å². The van der Waals surface area contributed by atoms with Crippen LogP contribution in [0, 0.1) is 0 Å². The smallest absolute Gasteiger partial charge is 0.457 e. The van der Waals surface area contributed by atoms with E-state index in [1.807, 2.05) is 24.3 Å². The Kier molecular flexibility index (Phi) is 4.40. The summed E-state index contributed by atoms with van der Waals surface area (Å²) < 4.78 is 45.5. The maximum atomic E-state index is 12.0. The number of ether oxygens (including phenoxy) is 2. The van der Waals surface area contributed by atoms with Crippen molar-refractivity contribution >= 4 is 0 Å². The van der Waals surface area contributed by atoms with Crippen LogP contribution in [0.3, 0.4) is 0 Å². The molecule has 5 heteroatoms. The predicted molar refractivity (Wildman–Crippen MR) is 73.7 cm³/mol. The summed E-state index contributed by atoms with van der Waals surface area (Å²) in [6, 6.07) is 12.9. The molecule has 0 fully saturated rings. The van der Waals surface area contributed by atoms with Crippen molar-refractivity contribution in [3.63, 3.8) is 0 Å². The molecule has 0 aliphatic heterocycles. The molecule has 0 heterocycles. The molecule has 0 N–H and O–H groups in total. The van der Waals surface area contributed by atoms with Crippen LogP contribution in [-0.4, -0.2) is 6.36 Å². The fraction of sp³-hybridized carbons (Fsp3) is 0.250. The Hall–Kier alpha value is -2.17. The van der Waals surface area contributed by atoms with E-state index in [0.29, 0.717) is 17.4 Å². The standard InChI is InChI=1S/C16H15F3O2/c1-11(2)12-3-5-13(6-4-12)20-14-7-9-15(10-8-14)21-16(17,18)19/h3-11H,1-2H3. The summed E-state index contributed by atoms with van der Waals surface area (Å²) in [7, 11) is 0. The van der Waals surface area contributed by atoms with Gasteiger partial charge in [-0.1, -0.05) is 26.0 Å². The van der Waals surface area contributed by atoms with Crippen molar-refractivity contribution in [1.82, 2.24) is 0 Å². The lowest BCUT2D eigenvalue weighted by Crippen LogP contribution is -2.16. The SMILES string of the molecule is CC(C)c1ccc(Oc2ccc(OC(F)(F)F)cc2)cc1. The first kappa shape index (κ1) is 15.2. The molecule has 0 aliphatic carbocycles. The molecule has 0 saturated carbocycles. The summed E-state index contributed by atoms with van der Waals surface area (Å²) in [6.45, 7) is 4.18. The number of benzene rings is 2. The highest BCUT2D eigenvalue weighted by atomic mass is 19.4. The number of hydrogen-bond donors (Lipinski definition) is 0. The Morgan fingerprint density at radius 3 is 1.62 bits per heavy atom. The van der Waals surface area contributed by atoms with Crippen LogP contribution >= 0.6 is 0 Å². The maximum Gasteiger partial charge on any atom is 0.573 e. The van der Waals surface area contributed by atoms with Crippen molar-refractivity contribution in [3.8, 4) is 17.2 Å². The van der Waals surface area contributed by atoms with Gasteiger partial charge in [0.05, 0.1) is 0 Å². The molecular formula is C16H15F3O2. The van der Waals surface area contributed by atoms with Gasteiger partial charge in [-0.2, -0.15) is 0 Å². The number of halogens is 3. The molecule has 0 spiro atoms. The fourth-order valence-corrected chi connectivity index (χ4v) is 1.77. The third-order valence-electron chi connectivity index (χ3n) is 2.84. The predicted octanol–water partition coefficient (Wildman–Crippen LogP) is 5.50. The minimum Gasteiger partial charge on any atom is -0.457 e. The van der Waals surface area contributed by atoms with E-state index in [0.717, 1.165) is 0 Å². The van der Waals surface area contributed by atoms with Crippen LogP contribution < -0.4 is 9.47 Å². The zero-order valence-electron chi connectivity index (χ0n) is 11.6. The lowest BCUT2D eigenvalue weighted by Gasteiger charge is -2.11. The van der Waals surface area contributed by atoms with Crippen LogP contribution in [0.25, 0.3) is 0 Å². The first-order valence-electron chi connectivity index (χ1n) is 6.47. The summed E-state index contributed by atoms with van der Waals surface area (Å²) in [5.41, 5.74) is 1.19. The number of hydrogen-bond acceptors (Lipinski definition) is 2. The van der Waals surface area contributed by atoms with Gasteiger partial charge in [-0.3, -0.25) is 0 Å². The van der Waals surface area contributed by atoms with Crippen LogP contribution in [-0.2, 0) is 0 Å². The molecule has 0 atom stereocenters. The molecule has 0 saturated heterocycles. The van der Waals surface area contributed by atoms with Gasteiger partial charge in [0.25, 0.3) is 0 Å². The average molecular weight is 296 g/mol. The van der Waals surface area contributed by atoms with E-state index in [1.54, 1.807) is 0 Å². The van der Waals surface area contributed by atoms with Crippen LogP contribution in [0.4, 0.5) is 13.2 Å². The second-order valence-corrected chi connectivity index (χ2v) is 4.85. The zero-order valence-corrected chi connectivity index (χ0v) is 11.6. The summed E-state index contributed by atoms with van der Waals surface area (Å²) in [5.74, 6) is 1.23. The first-order chi connectivity index (χ1) is 9.83. The lowest BCUT2D eigenvalue weighted by molar-refractivity contribution is -0.274. The number of rotatable bonds is 4. The summed E-state index contributed by atoms with van der Waals surface area (Å²) >= 11 is 0. The monoisotopic (exact) mass is 296 g/mol. The molecule has 0 aromatic heterocycles. The Bertz CT molecular complexity index is 572. The summed E-state index contributed by atoms with van der Waals surface area (Å²) in [5, 5.41) is 0. The van der Waals surface area contributed by atoms with E-state index in [4.69, 9.17) is 4.74 Å². The lowest BCUT2D eigenvalue weighted by atomic mass is 10.0. The molecule has 2 nitrogen and oxygen atoms in total. The molecule has 21 heavy (non-hydrogen) atoms. The fourth-order valence-electron chi connectivity index (χ4n) is 1.77. The third kappa shape index (κ3) is 4.70. The van der Waals surface area contributed by atoms with Gasteiger partial charge in [0.1, 0.15) is 17.2 Å². The Labute approximate surface area is 121 Å².